The molecule has 3 heteroatoms. The van der Waals surface area contributed by atoms with Gasteiger partial charge in [-0.15, -0.1) is 11.3 Å². The molecule has 0 aromatic carbocycles. The van der Waals surface area contributed by atoms with Crippen LogP contribution in [-0.2, 0) is 6.54 Å². The normalized spacial score (nSPS) is 24.6. The Morgan fingerprint density at radius 3 is 2.47 bits per heavy atom. The van der Waals surface area contributed by atoms with Gasteiger partial charge in [0.2, 0.25) is 0 Å². The lowest BCUT2D eigenvalue weighted by atomic mass is 9.69. The number of nitrogens with one attached hydrogen (secondary N) is 1. The summed E-state index contributed by atoms with van der Waals surface area (Å²) in [5.74, 6) is 0.909. The maximum atomic E-state index is 5.96. The molecule has 1 aliphatic carbocycles. The summed E-state index contributed by atoms with van der Waals surface area (Å²) in [4.78, 5) is 1.35. The predicted octanol–water partition coefficient (Wildman–Crippen LogP) is 5.49. The smallest absolute Gasteiger partial charge is 0.0931 e. The van der Waals surface area contributed by atoms with Crippen LogP contribution in [-0.4, -0.2) is 6.04 Å². The van der Waals surface area contributed by atoms with Crippen molar-refractivity contribution in [3.63, 3.8) is 0 Å². The maximum absolute atomic E-state index is 5.96. The van der Waals surface area contributed by atoms with Crippen molar-refractivity contribution in [2.24, 2.45) is 11.3 Å². The highest BCUT2D eigenvalue weighted by atomic mass is 35.5. The Labute approximate surface area is 126 Å². The van der Waals surface area contributed by atoms with E-state index in [2.05, 4.69) is 32.2 Å². The molecule has 0 radical (unpaired) electrons. The van der Waals surface area contributed by atoms with Gasteiger partial charge >= 0.3 is 0 Å². The van der Waals surface area contributed by atoms with E-state index in [0.717, 1.165) is 16.8 Å². The molecule has 1 aromatic heterocycles. The average molecular weight is 300 g/mol. The Bertz CT molecular complexity index is 391. The van der Waals surface area contributed by atoms with Crippen LogP contribution in [0.1, 0.15) is 57.8 Å². The summed E-state index contributed by atoms with van der Waals surface area (Å²) in [6.45, 7) is 8.16. The van der Waals surface area contributed by atoms with Gasteiger partial charge in [0.05, 0.1) is 4.34 Å². The summed E-state index contributed by atoms with van der Waals surface area (Å²) < 4.78 is 0.894. The first kappa shape index (κ1) is 15.3. The van der Waals surface area contributed by atoms with Crippen LogP contribution >= 0.6 is 22.9 Å². The summed E-state index contributed by atoms with van der Waals surface area (Å²) in [5, 5.41) is 3.69. The molecule has 1 aliphatic rings. The van der Waals surface area contributed by atoms with Crippen molar-refractivity contribution in [2.45, 2.75) is 65.5 Å². The van der Waals surface area contributed by atoms with E-state index in [1.165, 1.54) is 37.0 Å². The number of halogens is 1. The minimum Gasteiger partial charge on any atom is -0.309 e. The molecule has 0 saturated heterocycles. The lowest BCUT2D eigenvalue weighted by Crippen LogP contribution is -2.36. The highest BCUT2D eigenvalue weighted by molar-refractivity contribution is 7.16. The average Bonchev–Trinajstić information content (AvgIpc) is 2.83. The number of rotatable bonds is 5. The van der Waals surface area contributed by atoms with E-state index >= 15 is 0 Å². The Hall–Kier alpha value is -0.0500. The lowest BCUT2D eigenvalue weighted by molar-refractivity contribution is 0.137. The second kappa shape index (κ2) is 6.60. The van der Waals surface area contributed by atoms with Crippen molar-refractivity contribution in [1.29, 1.82) is 0 Å². The molecule has 0 atom stereocenters. The molecule has 19 heavy (non-hydrogen) atoms. The molecule has 108 valence electrons. The first-order valence-electron chi connectivity index (χ1n) is 7.49. The monoisotopic (exact) mass is 299 g/mol. The molecule has 1 heterocycles. The van der Waals surface area contributed by atoms with Crippen molar-refractivity contribution in [1.82, 2.24) is 5.32 Å². The maximum Gasteiger partial charge on any atom is 0.0931 e. The molecule has 0 bridgehead atoms. The topological polar surface area (TPSA) is 12.0 Å². The van der Waals surface area contributed by atoms with Gasteiger partial charge in [-0.2, -0.15) is 0 Å². The number of hydrogen-bond acceptors (Lipinski definition) is 2. The van der Waals surface area contributed by atoms with Crippen LogP contribution in [0.2, 0.25) is 4.34 Å². The van der Waals surface area contributed by atoms with Crippen LogP contribution in [0, 0.1) is 11.3 Å². The first-order valence-corrected chi connectivity index (χ1v) is 8.68. The van der Waals surface area contributed by atoms with E-state index in [-0.39, 0.29) is 0 Å². The third kappa shape index (κ3) is 4.21. The first-order chi connectivity index (χ1) is 9.01. The quantitative estimate of drug-likeness (QED) is 0.758. The Morgan fingerprint density at radius 2 is 1.95 bits per heavy atom. The van der Waals surface area contributed by atoms with E-state index in [1.807, 2.05) is 6.07 Å². The van der Waals surface area contributed by atoms with Gasteiger partial charge in [-0.25, -0.2) is 0 Å². The van der Waals surface area contributed by atoms with E-state index in [4.69, 9.17) is 11.6 Å². The van der Waals surface area contributed by atoms with Crippen LogP contribution in [0.25, 0.3) is 0 Å². The molecular formula is C16H26ClNS. The molecule has 0 spiro atoms. The SMILES string of the molecule is CCC(C)(C)C1CCC(NCc2ccc(Cl)s2)CC1. The lowest BCUT2D eigenvalue weighted by Gasteiger charge is -2.39. The molecule has 1 saturated carbocycles. The number of thiophene rings is 1. The Balaban J connectivity index is 1.74. The van der Waals surface area contributed by atoms with E-state index in [9.17, 15) is 0 Å². The van der Waals surface area contributed by atoms with Crippen molar-refractivity contribution in [3.05, 3.63) is 21.3 Å². The summed E-state index contributed by atoms with van der Waals surface area (Å²) in [6, 6.07) is 4.82. The Morgan fingerprint density at radius 1 is 1.26 bits per heavy atom. The zero-order chi connectivity index (χ0) is 13.9. The molecule has 1 N–H and O–H groups in total. The molecule has 1 fully saturated rings. The van der Waals surface area contributed by atoms with Gasteiger partial charge in [-0.1, -0.05) is 38.8 Å². The van der Waals surface area contributed by atoms with Crippen LogP contribution in [0.15, 0.2) is 12.1 Å². The summed E-state index contributed by atoms with van der Waals surface area (Å²) in [7, 11) is 0. The van der Waals surface area contributed by atoms with Gasteiger partial charge in [0.15, 0.2) is 0 Å². The fourth-order valence-corrected chi connectivity index (χ4v) is 4.10. The largest absolute Gasteiger partial charge is 0.309 e. The molecule has 1 aromatic rings. The third-order valence-electron chi connectivity index (χ3n) is 4.94. The highest BCUT2D eigenvalue weighted by Gasteiger charge is 2.31. The third-order valence-corrected chi connectivity index (χ3v) is 6.17. The van der Waals surface area contributed by atoms with Crippen LogP contribution in [0.3, 0.4) is 0 Å². The van der Waals surface area contributed by atoms with Gasteiger partial charge in [0.25, 0.3) is 0 Å². The summed E-state index contributed by atoms with van der Waals surface area (Å²) in [6.07, 6.45) is 6.71. The van der Waals surface area contributed by atoms with E-state index < -0.39 is 0 Å². The zero-order valence-corrected chi connectivity index (χ0v) is 13.9. The van der Waals surface area contributed by atoms with Crippen molar-refractivity contribution in [2.75, 3.05) is 0 Å². The molecular weight excluding hydrogens is 274 g/mol. The van der Waals surface area contributed by atoms with Crippen LogP contribution in [0.5, 0.6) is 0 Å². The summed E-state index contributed by atoms with van der Waals surface area (Å²) >= 11 is 7.65. The fraction of sp³-hybridized carbons (Fsp3) is 0.750. The minimum atomic E-state index is 0.520. The Kier molecular flexibility index (Phi) is 5.33. The standard InChI is InChI=1S/C16H26ClNS/c1-4-16(2,3)12-5-7-13(8-6-12)18-11-14-9-10-15(17)19-14/h9-10,12-13,18H,4-8,11H2,1-3H3. The molecule has 0 aliphatic heterocycles. The van der Waals surface area contributed by atoms with Gasteiger partial charge in [0, 0.05) is 17.5 Å². The van der Waals surface area contributed by atoms with Crippen molar-refractivity contribution < 1.29 is 0 Å². The van der Waals surface area contributed by atoms with Gasteiger partial charge in [-0.05, 0) is 49.1 Å². The van der Waals surface area contributed by atoms with Crippen molar-refractivity contribution >= 4 is 22.9 Å². The molecule has 0 unspecified atom stereocenters. The van der Waals surface area contributed by atoms with E-state index in [1.54, 1.807) is 11.3 Å². The zero-order valence-electron chi connectivity index (χ0n) is 12.3. The van der Waals surface area contributed by atoms with Gasteiger partial charge in [0.1, 0.15) is 0 Å². The fourth-order valence-electron chi connectivity index (χ4n) is 3.06. The second-order valence-electron chi connectivity index (χ2n) is 6.48. The van der Waals surface area contributed by atoms with Gasteiger partial charge < -0.3 is 5.32 Å². The van der Waals surface area contributed by atoms with Crippen LogP contribution < -0.4 is 5.32 Å². The second-order valence-corrected chi connectivity index (χ2v) is 8.28. The van der Waals surface area contributed by atoms with Crippen molar-refractivity contribution in [3.8, 4) is 0 Å². The molecule has 1 nitrogen and oxygen atoms in total. The number of hydrogen-bond donors (Lipinski definition) is 1. The molecule has 0 amide bonds. The predicted molar refractivity (Wildman–Crippen MR) is 86.0 cm³/mol. The minimum absolute atomic E-state index is 0.520. The van der Waals surface area contributed by atoms with Crippen LogP contribution in [0.4, 0.5) is 0 Å². The highest BCUT2D eigenvalue weighted by Crippen LogP contribution is 2.40. The summed E-state index contributed by atoms with van der Waals surface area (Å²) in [5.41, 5.74) is 0.520. The van der Waals surface area contributed by atoms with Gasteiger partial charge in [-0.3, -0.25) is 0 Å². The molecule has 2 rings (SSSR count). The van der Waals surface area contributed by atoms with E-state index in [0.29, 0.717) is 11.5 Å².